The zero-order valence-corrected chi connectivity index (χ0v) is 23.9. The van der Waals surface area contributed by atoms with Gasteiger partial charge in [-0.3, -0.25) is 4.79 Å². The first kappa shape index (κ1) is 37.1. The van der Waals surface area contributed by atoms with Crippen LogP contribution in [0.3, 0.4) is 0 Å². The summed E-state index contributed by atoms with van der Waals surface area (Å²) in [5, 5.41) is 17.7. The van der Waals surface area contributed by atoms with Gasteiger partial charge in [-0.25, -0.2) is 0 Å². The molecule has 0 aromatic heterocycles. The highest BCUT2D eigenvalue weighted by atomic mass is 16.6. The molecule has 38 heavy (non-hydrogen) atoms. The topological polar surface area (TPSA) is 122 Å². The largest absolute Gasteiger partial charge is 0.463 e. The summed E-state index contributed by atoms with van der Waals surface area (Å²) in [6.07, 6.45) is 12.4. The van der Waals surface area contributed by atoms with Gasteiger partial charge in [0.25, 0.3) is 0 Å². The molecule has 0 aromatic carbocycles. The predicted molar refractivity (Wildman–Crippen MR) is 145 cm³/mol. The van der Waals surface area contributed by atoms with E-state index in [2.05, 4.69) is 6.92 Å². The first-order valence-corrected chi connectivity index (χ1v) is 14.6. The summed E-state index contributed by atoms with van der Waals surface area (Å²) in [4.78, 5) is 11.3. The zero-order chi connectivity index (χ0) is 27.8. The lowest BCUT2D eigenvalue weighted by molar-refractivity contribution is -0.148. The number of hydrogen-bond donors (Lipinski definition) is 2. The minimum absolute atomic E-state index is 0.0829. The van der Waals surface area contributed by atoms with Gasteiger partial charge < -0.3 is 43.4 Å². The summed E-state index contributed by atoms with van der Waals surface area (Å²) in [6.45, 7) is 7.62. The normalized spacial score (nSPS) is 12.2. The number of unbranched alkanes of at least 4 members (excludes halogenated alkanes) is 9. The molecule has 0 amide bonds. The Labute approximate surface area is 230 Å². The van der Waals surface area contributed by atoms with Gasteiger partial charge >= 0.3 is 5.97 Å². The van der Waals surface area contributed by atoms with Gasteiger partial charge in [-0.15, -0.1) is 0 Å². The number of carbonyl (C=O) groups excluding carboxylic acids is 1. The number of aliphatic hydroxyl groups excluding tert-OH is 2. The summed E-state index contributed by atoms with van der Waals surface area (Å²) in [7, 11) is 0. The minimum atomic E-state index is -1.05. The van der Waals surface area contributed by atoms with Crippen LogP contribution in [-0.2, 0) is 38.0 Å². The molecule has 0 bridgehead atoms. The Morgan fingerprint density at radius 1 is 0.553 bits per heavy atom. The predicted octanol–water partition coefficient (Wildman–Crippen LogP) is 3.29. The van der Waals surface area contributed by atoms with E-state index in [1.54, 1.807) is 0 Å². The fourth-order valence-corrected chi connectivity index (χ4v) is 3.36. The Morgan fingerprint density at radius 3 is 1.34 bits per heavy atom. The van der Waals surface area contributed by atoms with Crippen LogP contribution in [0, 0.1) is 0 Å². The third kappa shape index (κ3) is 31.4. The molecule has 10 heteroatoms. The van der Waals surface area contributed by atoms with E-state index in [1.165, 1.54) is 57.8 Å². The molecule has 0 saturated carbocycles. The maximum Gasteiger partial charge on any atom is 0.308 e. The van der Waals surface area contributed by atoms with Crippen LogP contribution in [0.5, 0.6) is 0 Å². The van der Waals surface area contributed by atoms with Gasteiger partial charge in [-0.2, -0.15) is 0 Å². The fourth-order valence-electron chi connectivity index (χ4n) is 3.36. The molecule has 2 N–H and O–H groups in total. The number of ether oxygens (including phenoxy) is 7. The molecule has 0 aromatic rings. The zero-order valence-electron chi connectivity index (χ0n) is 23.9. The van der Waals surface area contributed by atoms with Crippen LogP contribution in [0.25, 0.3) is 0 Å². The van der Waals surface area contributed by atoms with Gasteiger partial charge in [0.2, 0.25) is 0 Å². The molecule has 0 fully saturated rings. The molecule has 0 aliphatic carbocycles. The maximum absolute atomic E-state index is 11.3. The highest BCUT2D eigenvalue weighted by Gasteiger charge is 2.07. The lowest BCUT2D eigenvalue weighted by Gasteiger charge is -2.09. The molecular formula is C28H56O10. The van der Waals surface area contributed by atoms with Crippen molar-refractivity contribution < 1.29 is 48.2 Å². The SMILES string of the molecule is CCCCCCCCCCCCOCCOCCOCCOCCOCCOCCC(=O)OCC(O)CO. The van der Waals surface area contributed by atoms with Crippen LogP contribution in [0.15, 0.2) is 0 Å². The number of hydrogen-bond acceptors (Lipinski definition) is 10. The molecule has 0 aliphatic heterocycles. The maximum atomic E-state index is 11.3. The quantitative estimate of drug-likeness (QED) is 0.0949. The lowest BCUT2D eigenvalue weighted by Crippen LogP contribution is -2.22. The van der Waals surface area contributed by atoms with Crippen molar-refractivity contribution >= 4 is 5.97 Å². The highest BCUT2D eigenvalue weighted by molar-refractivity contribution is 5.69. The van der Waals surface area contributed by atoms with E-state index < -0.39 is 18.7 Å². The molecule has 0 radical (unpaired) electrons. The molecule has 1 atom stereocenters. The monoisotopic (exact) mass is 552 g/mol. The lowest BCUT2D eigenvalue weighted by atomic mass is 10.1. The first-order valence-electron chi connectivity index (χ1n) is 14.6. The molecule has 0 rings (SSSR count). The van der Waals surface area contributed by atoms with Crippen LogP contribution >= 0.6 is 0 Å². The summed E-state index contributed by atoms with van der Waals surface area (Å²) < 4.78 is 37.4. The van der Waals surface area contributed by atoms with Gasteiger partial charge in [0, 0.05) is 6.61 Å². The van der Waals surface area contributed by atoms with Gasteiger partial charge in [0.05, 0.1) is 85.7 Å². The van der Waals surface area contributed by atoms with Crippen molar-refractivity contribution in [3.63, 3.8) is 0 Å². The molecule has 0 aliphatic rings. The Morgan fingerprint density at radius 2 is 0.921 bits per heavy atom. The van der Waals surface area contributed by atoms with Crippen molar-refractivity contribution in [1.29, 1.82) is 0 Å². The van der Waals surface area contributed by atoms with Crippen molar-refractivity contribution in [3.8, 4) is 0 Å². The van der Waals surface area contributed by atoms with Gasteiger partial charge in [-0.1, -0.05) is 64.7 Å². The average molecular weight is 553 g/mol. The Balaban J connectivity index is 3.09. The second-order valence-electron chi connectivity index (χ2n) is 9.13. The number of aliphatic hydroxyl groups is 2. The van der Waals surface area contributed by atoms with Gasteiger partial charge in [0.1, 0.15) is 12.7 Å². The second kappa shape index (κ2) is 32.4. The van der Waals surface area contributed by atoms with Crippen molar-refractivity contribution in [3.05, 3.63) is 0 Å². The molecule has 228 valence electrons. The highest BCUT2D eigenvalue weighted by Crippen LogP contribution is 2.10. The van der Waals surface area contributed by atoms with E-state index in [0.717, 1.165) is 13.0 Å². The molecular weight excluding hydrogens is 496 g/mol. The summed E-state index contributed by atoms with van der Waals surface area (Å²) in [5.74, 6) is -0.482. The second-order valence-corrected chi connectivity index (χ2v) is 9.13. The van der Waals surface area contributed by atoms with Crippen LogP contribution in [0.2, 0.25) is 0 Å². The Hall–Kier alpha value is -0.850. The van der Waals surface area contributed by atoms with Gasteiger partial charge in [-0.05, 0) is 6.42 Å². The summed E-state index contributed by atoms with van der Waals surface area (Å²) in [6, 6.07) is 0. The van der Waals surface area contributed by atoms with Gasteiger partial charge in [0.15, 0.2) is 0 Å². The van der Waals surface area contributed by atoms with Crippen LogP contribution in [-0.4, -0.2) is 115 Å². The smallest absolute Gasteiger partial charge is 0.308 e. The Kier molecular flexibility index (Phi) is 31.6. The summed E-state index contributed by atoms with van der Waals surface area (Å²) >= 11 is 0. The van der Waals surface area contributed by atoms with E-state index in [1.807, 2.05) is 0 Å². The van der Waals surface area contributed by atoms with E-state index in [0.29, 0.717) is 66.1 Å². The third-order valence-electron chi connectivity index (χ3n) is 5.60. The molecule has 1 unspecified atom stereocenters. The third-order valence-corrected chi connectivity index (χ3v) is 5.60. The molecule has 10 nitrogen and oxygen atoms in total. The fraction of sp³-hybridized carbons (Fsp3) is 0.964. The Bertz CT molecular complexity index is 467. The van der Waals surface area contributed by atoms with Crippen molar-refractivity contribution in [2.45, 2.75) is 83.7 Å². The van der Waals surface area contributed by atoms with Crippen molar-refractivity contribution in [2.75, 3.05) is 92.5 Å². The first-order chi connectivity index (χ1) is 18.7. The van der Waals surface area contributed by atoms with Crippen molar-refractivity contribution in [2.24, 2.45) is 0 Å². The van der Waals surface area contributed by atoms with E-state index >= 15 is 0 Å². The molecule has 0 spiro atoms. The standard InChI is InChI=1S/C28H56O10/c1-2-3-4-5-6-7-8-9-10-11-13-32-15-17-34-19-21-36-23-24-37-22-20-35-18-16-33-14-12-28(31)38-26-27(30)25-29/h27,29-30H,2-26H2,1H3. The average Bonchev–Trinajstić information content (AvgIpc) is 2.93. The van der Waals surface area contributed by atoms with E-state index in [9.17, 15) is 4.79 Å². The van der Waals surface area contributed by atoms with Crippen molar-refractivity contribution in [1.82, 2.24) is 0 Å². The van der Waals surface area contributed by atoms with E-state index in [4.69, 9.17) is 43.4 Å². The number of esters is 1. The number of rotatable bonds is 32. The minimum Gasteiger partial charge on any atom is -0.463 e. The summed E-state index contributed by atoms with van der Waals surface area (Å²) in [5.41, 5.74) is 0. The van der Waals surface area contributed by atoms with Crippen LogP contribution in [0.4, 0.5) is 0 Å². The van der Waals surface area contributed by atoms with Crippen LogP contribution < -0.4 is 0 Å². The number of carbonyl (C=O) groups is 1. The molecule has 0 heterocycles. The molecule has 0 saturated heterocycles. The van der Waals surface area contributed by atoms with E-state index in [-0.39, 0.29) is 19.6 Å². The van der Waals surface area contributed by atoms with Crippen LogP contribution in [0.1, 0.15) is 77.6 Å².